The third-order valence-corrected chi connectivity index (χ3v) is 1.07. The van der Waals surface area contributed by atoms with Gasteiger partial charge in [0.1, 0.15) is 18.3 Å². The first kappa shape index (κ1) is 11.7. The normalized spacial score (nSPS) is 8.77. The molecule has 0 heterocycles. The van der Waals surface area contributed by atoms with E-state index in [-0.39, 0.29) is 11.5 Å². The molecule has 4 heteroatoms. The van der Waals surface area contributed by atoms with Gasteiger partial charge in [0, 0.05) is 20.3 Å². The van der Waals surface area contributed by atoms with E-state index in [1.807, 2.05) is 0 Å². The number of rotatable bonds is 2. The summed E-state index contributed by atoms with van der Waals surface area (Å²) in [7, 11) is 3.17. The van der Waals surface area contributed by atoms with Crippen LogP contribution in [0.3, 0.4) is 0 Å². The number of methoxy groups -OCH3 is 2. The molecule has 1 rings (SSSR count). The lowest BCUT2D eigenvalue weighted by atomic mass is 10.3. The van der Waals surface area contributed by atoms with E-state index < -0.39 is 0 Å². The molecule has 0 amide bonds. The maximum absolute atomic E-state index is 8.65. The highest BCUT2D eigenvalue weighted by atomic mass is 16.6. The van der Waals surface area contributed by atoms with Gasteiger partial charge >= 0.3 is 0 Å². The first-order valence-electron chi connectivity index (χ1n) is 3.66. The Hall–Kier alpha value is -1.26. The molecule has 0 aliphatic rings. The maximum atomic E-state index is 8.65. The van der Waals surface area contributed by atoms with Crippen molar-refractivity contribution in [1.82, 2.24) is 0 Å². The van der Waals surface area contributed by atoms with Crippen LogP contribution in [0.4, 0.5) is 0 Å². The van der Waals surface area contributed by atoms with Crippen molar-refractivity contribution in [3.05, 3.63) is 24.3 Å². The van der Waals surface area contributed by atoms with Crippen molar-refractivity contribution in [1.29, 1.82) is 0 Å². The summed E-state index contributed by atoms with van der Waals surface area (Å²) in [6.07, 6.45) is 0. The summed E-state index contributed by atoms with van der Waals surface area (Å²) in [6.45, 7) is 0.389. The predicted molar refractivity (Wildman–Crippen MR) is 48.7 cm³/mol. The molecule has 74 valence electrons. The summed E-state index contributed by atoms with van der Waals surface area (Å²) in [5.41, 5.74) is 0. The zero-order valence-electron chi connectivity index (χ0n) is 7.73. The lowest BCUT2D eigenvalue weighted by Gasteiger charge is -1.89. The molecule has 0 aromatic heterocycles. The Balaban J connectivity index is 0.000000252. The molecule has 0 atom stereocenters. The Morgan fingerprint density at radius 1 is 1.08 bits per heavy atom. The Morgan fingerprint density at radius 2 is 1.54 bits per heavy atom. The van der Waals surface area contributed by atoms with Gasteiger partial charge in [-0.15, -0.1) is 0 Å². The van der Waals surface area contributed by atoms with E-state index >= 15 is 0 Å². The van der Waals surface area contributed by atoms with Gasteiger partial charge in [-0.25, -0.2) is 0 Å². The highest BCUT2D eigenvalue weighted by Crippen LogP contribution is 2.14. The van der Waals surface area contributed by atoms with Gasteiger partial charge in [-0.1, -0.05) is 6.07 Å². The number of benzene rings is 1. The zero-order valence-corrected chi connectivity index (χ0v) is 7.73. The molecule has 0 saturated carbocycles. The smallest absolute Gasteiger partial charge is 0.145 e. The maximum Gasteiger partial charge on any atom is 0.145 e. The van der Waals surface area contributed by atoms with E-state index in [0.29, 0.717) is 6.79 Å². The van der Waals surface area contributed by atoms with Crippen molar-refractivity contribution in [2.24, 2.45) is 0 Å². The van der Waals surface area contributed by atoms with Crippen LogP contribution in [0.1, 0.15) is 0 Å². The highest BCUT2D eigenvalue weighted by molar-refractivity contribution is 5.30. The first-order chi connectivity index (χ1) is 6.20. The molecule has 0 saturated heterocycles. The largest absolute Gasteiger partial charge is 0.508 e. The predicted octanol–water partition coefficient (Wildman–Crippen LogP) is 1.33. The van der Waals surface area contributed by atoms with Crippen molar-refractivity contribution in [2.75, 3.05) is 21.0 Å². The van der Waals surface area contributed by atoms with Gasteiger partial charge in [-0.2, -0.15) is 0 Å². The van der Waals surface area contributed by atoms with Crippen molar-refractivity contribution < 1.29 is 19.7 Å². The van der Waals surface area contributed by atoms with E-state index in [0.717, 1.165) is 0 Å². The third-order valence-electron chi connectivity index (χ3n) is 1.07. The van der Waals surface area contributed by atoms with Gasteiger partial charge in [0.15, 0.2) is 0 Å². The zero-order chi connectivity index (χ0) is 10.1. The lowest BCUT2D eigenvalue weighted by Crippen LogP contribution is -1.87. The minimum absolute atomic E-state index is 0.0880. The van der Waals surface area contributed by atoms with Crippen LogP contribution in [0.25, 0.3) is 0 Å². The Labute approximate surface area is 77.3 Å². The fourth-order valence-corrected chi connectivity index (χ4v) is 0.611. The van der Waals surface area contributed by atoms with Gasteiger partial charge in [-0.3, -0.25) is 0 Å². The number of aromatic hydroxyl groups is 2. The van der Waals surface area contributed by atoms with Crippen LogP contribution in [0.2, 0.25) is 0 Å². The van der Waals surface area contributed by atoms with Crippen LogP contribution >= 0.6 is 0 Å². The van der Waals surface area contributed by atoms with Crippen molar-refractivity contribution in [3.63, 3.8) is 0 Å². The molecule has 0 radical (unpaired) electrons. The summed E-state index contributed by atoms with van der Waals surface area (Å²) < 4.78 is 8.94. The van der Waals surface area contributed by atoms with Crippen LogP contribution in [-0.2, 0) is 9.47 Å². The molecule has 4 nitrogen and oxygen atoms in total. The van der Waals surface area contributed by atoms with Gasteiger partial charge in [-0.05, 0) is 12.1 Å². The topological polar surface area (TPSA) is 58.9 Å². The van der Waals surface area contributed by atoms with Crippen LogP contribution in [0, 0.1) is 0 Å². The molecule has 0 bridgehead atoms. The first-order valence-corrected chi connectivity index (χ1v) is 3.66. The molecule has 0 aliphatic carbocycles. The number of phenols is 2. The average molecular weight is 186 g/mol. The van der Waals surface area contributed by atoms with Gasteiger partial charge < -0.3 is 19.7 Å². The van der Waals surface area contributed by atoms with Crippen molar-refractivity contribution >= 4 is 0 Å². The monoisotopic (exact) mass is 186 g/mol. The van der Waals surface area contributed by atoms with Crippen LogP contribution in [0.15, 0.2) is 24.3 Å². The van der Waals surface area contributed by atoms with E-state index in [4.69, 9.17) is 10.2 Å². The molecule has 0 spiro atoms. The minimum atomic E-state index is 0.0880. The molecular formula is C9H14O4. The van der Waals surface area contributed by atoms with Crippen LogP contribution in [-0.4, -0.2) is 31.2 Å². The molecule has 1 aromatic carbocycles. The molecule has 2 N–H and O–H groups in total. The van der Waals surface area contributed by atoms with E-state index in [2.05, 4.69) is 9.47 Å². The molecule has 0 aliphatic heterocycles. The number of hydrogen-bond donors (Lipinski definition) is 2. The highest BCUT2D eigenvalue weighted by Gasteiger charge is 1.85. The lowest BCUT2D eigenvalue weighted by molar-refractivity contribution is -0.00271. The fourth-order valence-electron chi connectivity index (χ4n) is 0.611. The van der Waals surface area contributed by atoms with Crippen molar-refractivity contribution in [2.45, 2.75) is 0 Å². The van der Waals surface area contributed by atoms with Crippen LogP contribution < -0.4 is 0 Å². The standard InChI is InChI=1S/C6H6O2.C3H8O2/c7-5-2-1-3-6(8)4-5;1-4-3-5-2/h1-4,7-8H;3H2,1-2H3. The second-order valence-electron chi connectivity index (χ2n) is 2.22. The summed E-state index contributed by atoms with van der Waals surface area (Å²) in [4.78, 5) is 0. The van der Waals surface area contributed by atoms with E-state index in [1.165, 1.54) is 18.2 Å². The third kappa shape index (κ3) is 7.11. The average Bonchev–Trinajstić information content (AvgIpc) is 2.06. The summed E-state index contributed by atoms with van der Waals surface area (Å²) >= 11 is 0. The Morgan fingerprint density at radius 3 is 1.69 bits per heavy atom. The Bertz CT molecular complexity index is 205. The Kier molecular flexibility index (Phi) is 6.68. The van der Waals surface area contributed by atoms with Gasteiger partial charge in [0.25, 0.3) is 0 Å². The minimum Gasteiger partial charge on any atom is -0.508 e. The molecule has 1 aromatic rings. The number of phenolic OH excluding ortho intramolecular Hbond substituents is 2. The number of ether oxygens (including phenoxy) is 2. The quantitative estimate of drug-likeness (QED) is 0.684. The second-order valence-corrected chi connectivity index (χ2v) is 2.22. The SMILES string of the molecule is COCOC.Oc1cccc(O)c1. The molecule has 0 fully saturated rings. The number of hydrogen-bond acceptors (Lipinski definition) is 4. The molecule has 0 unspecified atom stereocenters. The fraction of sp³-hybridized carbons (Fsp3) is 0.333. The van der Waals surface area contributed by atoms with Crippen molar-refractivity contribution in [3.8, 4) is 11.5 Å². The molecule has 13 heavy (non-hydrogen) atoms. The summed E-state index contributed by atoms with van der Waals surface area (Å²) in [5, 5.41) is 17.3. The summed E-state index contributed by atoms with van der Waals surface area (Å²) in [6, 6.07) is 5.85. The molecular weight excluding hydrogens is 172 g/mol. The van der Waals surface area contributed by atoms with Crippen LogP contribution in [0.5, 0.6) is 11.5 Å². The van der Waals surface area contributed by atoms with E-state index in [1.54, 1.807) is 20.3 Å². The summed E-state index contributed by atoms with van der Waals surface area (Å²) in [5.74, 6) is 0.176. The van der Waals surface area contributed by atoms with Gasteiger partial charge in [0.2, 0.25) is 0 Å². The van der Waals surface area contributed by atoms with Gasteiger partial charge in [0.05, 0.1) is 0 Å². The second kappa shape index (κ2) is 7.39. The van der Waals surface area contributed by atoms with E-state index in [9.17, 15) is 0 Å².